The molecule has 0 aliphatic carbocycles. The Balaban J connectivity index is 2.87. The molecule has 0 amide bonds. The first-order valence-corrected chi connectivity index (χ1v) is 6.33. The molecule has 1 aromatic carbocycles. The molecular formula is C16H19NO. The molecule has 2 rings (SSSR count). The first-order valence-electron chi connectivity index (χ1n) is 6.33. The summed E-state index contributed by atoms with van der Waals surface area (Å²) >= 11 is 0. The zero-order valence-electron chi connectivity index (χ0n) is 11.7. The molecule has 1 heterocycles. The number of carbonyl (C=O) groups excluding carboxylic acids is 1. The van der Waals surface area contributed by atoms with Gasteiger partial charge in [0.1, 0.15) is 0 Å². The van der Waals surface area contributed by atoms with Gasteiger partial charge in [-0.3, -0.25) is 9.78 Å². The van der Waals surface area contributed by atoms with E-state index < -0.39 is 0 Å². The fraction of sp³-hybridized carbons (Fsp3) is 0.375. The predicted molar refractivity (Wildman–Crippen MR) is 75.1 cm³/mol. The van der Waals surface area contributed by atoms with Crippen molar-refractivity contribution >= 4 is 16.7 Å². The van der Waals surface area contributed by atoms with Crippen molar-refractivity contribution in [1.29, 1.82) is 0 Å². The minimum atomic E-state index is 0.00853. The Morgan fingerprint density at radius 2 is 1.83 bits per heavy atom. The number of nitrogens with zero attached hydrogens (tertiary/aromatic N) is 1. The lowest BCUT2D eigenvalue weighted by molar-refractivity contribution is 0.0940. The quantitative estimate of drug-likeness (QED) is 0.744. The summed E-state index contributed by atoms with van der Waals surface area (Å²) < 4.78 is 0. The van der Waals surface area contributed by atoms with Gasteiger partial charge in [0, 0.05) is 22.6 Å². The van der Waals surface area contributed by atoms with Crippen LogP contribution < -0.4 is 0 Å². The topological polar surface area (TPSA) is 30.0 Å². The normalized spacial score (nSPS) is 11.2. The number of aryl methyl sites for hydroxylation is 2. The molecular weight excluding hydrogens is 222 g/mol. The fourth-order valence-corrected chi connectivity index (χ4v) is 2.20. The largest absolute Gasteiger partial charge is 0.294 e. The third kappa shape index (κ3) is 2.03. The van der Waals surface area contributed by atoms with Gasteiger partial charge in [-0.25, -0.2) is 0 Å². The van der Waals surface area contributed by atoms with Crippen molar-refractivity contribution in [3.8, 4) is 0 Å². The highest BCUT2D eigenvalue weighted by Crippen LogP contribution is 2.26. The number of rotatable bonds is 2. The van der Waals surface area contributed by atoms with Crippen LogP contribution >= 0.6 is 0 Å². The molecule has 94 valence electrons. The summed E-state index contributed by atoms with van der Waals surface area (Å²) in [6, 6.07) is 6.09. The van der Waals surface area contributed by atoms with Crippen LogP contribution in [0.1, 0.15) is 41.0 Å². The number of aromatic nitrogens is 1. The summed E-state index contributed by atoms with van der Waals surface area (Å²) in [4.78, 5) is 17.0. The summed E-state index contributed by atoms with van der Waals surface area (Å²) in [5.74, 6) is 0.211. The van der Waals surface area contributed by atoms with Crippen molar-refractivity contribution in [2.75, 3.05) is 0 Å². The number of hydrogen-bond acceptors (Lipinski definition) is 2. The number of Topliss-reactive ketones (excluding diaryl/α,β-unsaturated/α-hetero) is 1. The Hall–Kier alpha value is -1.70. The maximum atomic E-state index is 12.4. The van der Waals surface area contributed by atoms with E-state index in [2.05, 4.69) is 11.1 Å². The third-order valence-corrected chi connectivity index (χ3v) is 3.40. The van der Waals surface area contributed by atoms with Gasteiger partial charge in [-0.15, -0.1) is 0 Å². The number of carbonyl (C=O) groups is 1. The molecule has 0 unspecified atom stereocenters. The molecule has 1 aromatic heterocycles. The summed E-state index contributed by atoms with van der Waals surface area (Å²) in [5, 5.41) is 0.983. The lowest BCUT2D eigenvalue weighted by Crippen LogP contribution is -2.12. The smallest absolute Gasteiger partial charge is 0.166 e. The first kappa shape index (κ1) is 12.7. The van der Waals surface area contributed by atoms with Gasteiger partial charge in [-0.1, -0.05) is 25.5 Å². The molecule has 0 saturated heterocycles. The lowest BCUT2D eigenvalue weighted by Gasteiger charge is -2.14. The van der Waals surface area contributed by atoms with Gasteiger partial charge < -0.3 is 0 Å². The molecule has 2 heteroatoms. The Morgan fingerprint density at radius 1 is 1.17 bits per heavy atom. The molecule has 0 aliphatic heterocycles. The van der Waals surface area contributed by atoms with Crippen LogP contribution in [0.15, 0.2) is 18.2 Å². The van der Waals surface area contributed by atoms with E-state index in [1.807, 2.05) is 46.8 Å². The second-order valence-electron chi connectivity index (χ2n) is 5.24. The van der Waals surface area contributed by atoms with Gasteiger partial charge >= 0.3 is 0 Å². The van der Waals surface area contributed by atoms with Gasteiger partial charge in [0.15, 0.2) is 5.78 Å². The highest BCUT2D eigenvalue weighted by atomic mass is 16.1. The molecule has 0 spiro atoms. The minimum absolute atomic E-state index is 0.00853. The fourth-order valence-electron chi connectivity index (χ4n) is 2.20. The van der Waals surface area contributed by atoms with Crippen LogP contribution in [-0.4, -0.2) is 10.8 Å². The molecule has 0 aliphatic rings. The first-order chi connectivity index (χ1) is 8.41. The molecule has 2 aromatic rings. The average Bonchev–Trinajstić information content (AvgIpc) is 2.31. The Morgan fingerprint density at radius 3 is 2.44 bits per heavy atom. The van der Waals surface area contributed by atoms with Crippen LogP contribution in [-0.2, 0) is 0 Å². The maximum absolute atomic E-state index is 12.4. The molecule has 0 radical (unpaired) electrons. The summed E-state index contributed by atoms with van der Waals surface area (Å²) in [6.45, 7) is 9.88. The second-order valence-corrected chi connectivity index (χ2v) is 5.24. The molecule has 0 fully saturated rings. The molecule has 0 atom stereocenters. The van der Waals surface area contributed by atoms with Crippen LogP contribution in [0.5, 0.6) is 0 Å². The van der Waals surface area contributed by atoms with Crippen molar-refractivity contribution in [3.05, 3.63) is 40.6 Å². The van der Waals surface area contributed by atoms with Gasteiger partial charge in [-0.2, -0.15) is 0 Å². The van der Waals surface area contributed by atoms with Crippen LogP contribution in [0.4, 0.5) is 0 Å². The van der Waals surface area contributed by atoms with E-state index in [1.165, 1.54) is 0 Å². The molecule has 2 nitrogen and oxygen atoms in total. The summed E-state index contributed by atoms with van der Waals surface area (Å²) in [5.41, 5.74) is 4.86. The van der Waals surface area contributed by atoms with E-state index in [9.17, 15) is 4.79 Å². The number of pyridine rings is 1. The predicted octanol–water partition coefficient (Wildman–Crippen LogP) is 4.00. The van der Waals surface area contributed by atoms with Crippen molar-refractivity contribution < 1.29 is 4.79 Å². The molecule has 0 bridgehead atoms. The Bertz CT molecular complexity index is 627. The monoisotopic (exact) mass is 241 g/mol. The second kappa shape index (κ2) is 4.52. The van der Waals surface area contributed by atoms with Crippen molar-refractivity contribution in [2.45, 2.75) is 34.6 Å². The SMILES string of the molecule is Cc1ccc2nc(C)c(C)c(C(=O)C(C)C)c2c1. The van der Waals surface area contributed by atoms with Crippen molar-refractivity contribution in [2.24, 2.45) is 5.92 Å². The Labute approximate surface area is 108 Å². The number of benzene rings is 1. The lowest BCUT2D eigenvalue weighted by atomic mass is 9.92. The molecule has 0 saturated carbocycles. The number of fused-ring (bicyclic) bond motifs is 1. The van der Waals surface area contributed by atoms with E-state index >= 15 is 0 Å². The average molecular weight is 241 g/mol. The molecule has 0 N–H and O–H groups in total. The minimum Gasteiger partial charge on any atom is -0.294 e. The van der Waals surface area contributed by atoms with Crippen LogP contribution in [0.3, 0.4) is 0 Å². The maximum Gasteiger partial charge on any atom is 0.166 e. The van der Waals surface area contributed by atoms with E-state index in [-0.39, 0.29) is 11.7 Å². The van der Waals surface area contributed by atoms with Crippen LogP contribution in [0, 0.1) is 26.7 Å². The van der Waals surface area contributed by atoms with E-state index in [1.54, 1.807) is 0 Å². The number of hydrogen-bond donors (Lipinski definition) is 0. The van der Waals surface area contributed by atoms with Gasteiger partial charge in [0.25, 0.3) is 0 Å². The Kier molecular flexibility index (Phi) is 3.20. The zero-order valence-corrected chi connectivity index (χ0v) is 11.7. The number of ketones is 1. The van der Waals surface area contributed by atoms with Crippen LogP contribution in [0.2, 0.25) is 0 Å². The van der Waals surface area contributed by atoms with E-state index in [0.717, 1.165) is 33.3 Å². The van der Waals surface area contributed by atoms with Crippen LogP contribution in [0.25, 0.3) is 10.9 Å². The van der Waals surface area contributed by atoms with Crippen molar-refractivity contribution in [1.82, 2.24) is 4.98 Å². The van der Waals surface area contributed by atoms with Gasteiger partial charge in [-0.05, 0) is 38.5 Å². The highest BCUT2D eigenvalue weighted by molar-refractivity contribution is 6.09. The van der Waals surface area contributed by atoms with Gasteiger partial charge in [0.05, 0.1) is 5.52 Å². The van der Waals surface area contributed by atoms with E-state index in [4.69, 9.17) is 0 Å². The highest BCUT2D eigenvalue weighted by Gasteiger charge is 2.18. The zero-order chi connectivity index (χ0) is 13.4. The molecule has 18 heavy (non-hydrogen) atoms. The third-order valence-electron chi connectivity index (χ3n) is 3.40. The summed E-state index contributed by atoms with van der Waals surface area (Å²) in [7, 11) is 0. The summed E-state index contributed by atoms with van der Waals surface area (Å²) in [6.07, 6.45) is 0. The van der Waals surface area contributed by atoms with Crippen molar-refractivity contribution in [3.63, 3.8) is 0 Å². The van der Waals surface area contributed by atoms with E-state index in [0.29, 0.717) is 0 Å². The van der Waals surface area contributed by atoms with Gasteiger partial charge in [0.2, 0.25) is 0 Å². The standard InChI is InChI=1S/C16H19NO/c1-9(2)16(18)15-11(4)12(5)17-14-7-6-10(3)8-13(14)15/h6-9H,1-5H3.